The molecular formula is C19H46O5Si6. The van der Waals surface area contributed by atoms with Crippen molar-refractivity contribution >= 4 is 49.7 Å². The van der Waals surface area contributed by atoms with Gasteiger partial charge < -0.3 is 20.9 Å². The molecule has 0 bridgehead atoms. The normalized spacial score (nSPS) is 21.9. The summed E-state index contributed by atoms with van der Waals surface area (Å²) in [6, 6.07) is 0.779. The molecule has 0 radical (unpaired) electrons. The van der Waals surface area contributed by atoms with E-state index in [1.54, 1.807) is 0 Å². The van der Waals surface area contributed by atoms with Crippen LogP contribution in [0.25, 0.3) is 0 Å². The average Bonchev–Trinajstić information content (AvgIpc) is 2.43. The van der Waals surface area contributed by atoms with Crippen molar-refractivity contribution in [2.45, 2.75) is 96.6 Å². The monoisotopic (exact) mass is 522 g/mol. The molecule has 1 heterocycles. The van der Waals surface area contributed by atoms with Crippen molar-refractivity contribution in [3.05, 3.63) is 25.3 Å². The molecule has 11 heteroatoms. The molecule has 1 aliphatic heterocycles. The van der Waals surface area contributed by atoms with Crippen LogP contribution in [0.15, 0.2) is 25.3 Å². The van der Waals surface area contributed by atoms with Gasteiger partial charge in [-0.05, 0) is 91.0 Å². The predicted molar refractivity (Wildman–Crippen MR) is 143 cm³/mol. The first kappa shape index (κ1) is 28.6. The summed E-state index contributed by atoms with van der Waals surface area (Å²) in [5.74, 6) is 0. The van der Waals surface area contributed by atoms with Gasteiger partial charge in [-0.1, -0.05) is 25.3 Å². The molecule has 0 aliphatic carbocycles. The van der Waals surface area contributed by atoms with Crippen LogP contribution in [0.5, 0.6) is 0 Å². The van der Waals surface area contributed by atoms with Crippen LogP contribution >= 0.6 is 0 Å². The standard InChI is InChI=1S/C19H46O5Si6/c1-15-19(16-2)17-18-29(21-25(3,4)5,22-26(6,7)8)30(20-19,23-27(9,10)11)24-28(12,13)14/h15-16H,1-2,17-18H2,3-14H3. The third kappa shape index (κ3) is 7.86. The molecule has 0 atom stereocenters. The quantitative estimate of drug-likeness (QED) is 0.246. The van der Waals surface area contributed by atoms with Gasteiger partial charge in [0.2, 0.25) is 0 Å². The lowest BCUT2D eigenvalue weighted by Crippen LogP contribution is -2.82. The zero-order valence-corrected chi connectivity index (χ0v) is 27.5. The fourth-order valence-corrected chi connectivity index (χ4v) is 42.7. The highest BCUT2D eigenvalue weighted by molar-refractivity contribution is 7.34. The van der Waals surface area contributed by atoms with E-state index in [0.29, 0.717) is 0 Å². The van der Waals surface area contributed by atoms with Crippen LogP contribution in [-0.2, 0) is 20.9 Å². The van der Waals surface area contributed by atoms with Crippen LogP contribution in [-0.4, -0.2) is 55.3 Å². The van der Waals surface area contributed by atoms with Gasteiger partial charge >= 0.3 is 16.4 Å². The molecule has 176 valence electrons. The second-order valence-corrected chi connectivity index (χ2v) is 39.7. The summed E-state index contributed by atoms with van der Waals surface area (Å²) in [6.45, 7) is 34.6. The molecule has 5 nitrogen and oxygen atoms in total. The Morgan fingerprint density at radius 3 is 1.27 bits per heavy atom. The molecule has 0 aromatic heterocycles. The minimum Gasteiger partial charge on any atom is -0.434 e. The molecule has 0 saturated carbocycles. The number of hydrogen-bond acceptors (Lipinski definition) is 5. The Balaban J connectivity index is 3.88. The molecule has 30 heavy (non-hydrogen) atoms. The summed E-state index contributed by atoms with van der Waals surface area (Å²) >= 11 is 0. The smallest absolute Gasteiger partial charge is 0.434 e. The van der Waals surface area contributed by atoms with Crippen molar-refractivity contribution < 1.29 is 20.9 Å². The fraction of sp³-hybridized carbons (Fsp3) is 0.789. The van der Waals surface area contributed by atoms with Gasteiger partial charge in [-0.15, -0.1) is 0 Å². The number of hydrogen-bond donors (Lipinski definition) is 0. The predicted octanol–water partition coefficient (Wildman–Crippen LogP) is 6.38. The van der Waals surface area contributed by atoms with Crippen LogP contribution in [0.2, 0.25) is 84.6 Å². The van der Waals surface area contributed by atoms with Crippen LogP contribution in [0.3, 0.4) is 0 Å². The van der Waals surface area contributed by atoms with Crippen molar-refractivity contribution in [1.82, 2.24) is 0 Å². The van der Waals surface area contributed by atoms with E-state index in [-0.39, 0.29) is 0 Å². The van der Waals surface area contributed by atoms with Gasteiger partial charge in [0.15, 0.2) is 33.3 Å². The van der Waals surface area contributed by atoms with E-state index in [2.05, 4.69) is 91.7 Å². The van der Waals surface area contributed by atoms with Gasteiger partial charge in [0.25, 0.3) is 0 Å². The largest absolute Gasteiger partial charge is 0.517 e. The maximum absolute atomic E-state index is 7.09. The second kappa shape index (κ2) is 9.08. The highest BCUT2D eigenvalue weighted by Crippen LogP contribution is 2.47. The fourth-order valence-electron chi connectivity index (χ4n) is 3.52. The lowest BCUT2D eigenvalue weighted by molar-refractivity contribution is 0.0639. The third-order valence-corrected chi connectivity index (χ3v) is 28.8. The summed E-state index contributed by atoms with van der Waals surface area (Å²) < 4.78 is 35.2. The highest BCUT2D eigenvalue weighted by Gasteiger charge is 2.75. The van der Waals surface area contributed by atoms with E-state index >= 15 is 0 Å². The van der Waals surface area contributed by atoms with Gasteiger partial charge in [0.1, 0.15) is 0 Å². The van der Waals surface area contributed by atoms with E-state index in [4.69, 9.17) is 20.9 Å². The molecule has 1 fully saturated rings. The van der Waals surface area contributed by atoms with Crippen LogP contribution in [0.1, 0.15) is 6.42 Å². The summed E-state index contributed by atoms with van der Waals surface area (Å²) in [4.78, 5) is 0. The van der Waals surface area contributed by atoms with Crippen LogP contribution in [0, 0.1) is 0 Å². The summed E-state index contributed by atoms with van der Waals surface area (Å²) in [5, 5.41) is 0. The zero-order valence-electron chi connectivity index (χ0n) is 21.5. The van der Waals surface area contributed by atoms with Crippen molar-refractivity contribution in [3.63, 3.8) is 0 Å². The zero-order chi connectivity index (χ0) is 23.9. The highest BCUT2D eigenvalue weighted by atomic mass is 29.3. The van der Waals surface area contributed by atoms with E-state index in [9.17, 15) is 0 Å². The van der Waals surface area contributed by atoms with E-state index in [1.165, 1.54) is 0 Å². The average molecular weight is 523 g/mol. The Labute approximate surface area is 192 Å². The van der Waals surface area contributed by atoms with Gasteiger partial charge in [0, 0.05) is 0 Å². The van der Waals surface area contributed by atoms with Gasteiger partial charge in [-0.3, -0.25) is 0 Å². The Kier molecular flexibility index (Phi) is 8.66. The second-order valence-electron chi connectivity index (χ2n) is 12.1. The lowest BCUT2D eigenvalue weighted by atomic mass is 10.0. The first-order valence-electron chi connectivity index (χ1n) is 10.9. The van der Waals surface area contributed by atoms with Crippen molar-refractivity contribution in [3.8, 4) is 0 Å². The molecule has 0 aromatic carbocycles. The molecule has 0 unspecified atom stereocenters. The van der Waals surface area contributed by atoms with E-state index in [0.717, 1.165) is 12.5 Å². The van der Waals surface area contributed by atoms with Crippen LogP contribution < -0.4 is 0 Å². The SMILES string of the molecule is C=CC1(C=C)CC[Si](O[Si](C)(C)C)(O[Si](C)(C)C)[Si](O[Si](C)(C)C)(O[Si](C)(C)C)O1. The molecule has 0 N–H and O–H groups in total. The first-order chi connectivity index (χ1) is 13.1. The lowest BCUT2D eigenvalue weighted by Gasteiger charge is -2.56. The molecule has 1 saturated heterocycles. The summed E-state index contributed by atoms with van der Waals surface area (Å²) in [6.07, 6.45) is 4.44. The maximum Gasteiger partial charge on any atom is 0.517 e. The summed E-state index contributed by atoms with van der Waals surface area (Å²) in [7, 11) is -14.5. The van der Waals surface area contributed by atoms with Gasteiger partial charge in [0.05, 0.1) is 5.60 Å². The third-order valence-electron chi connectivity index (χ3n) is 4.15. The Morgan fingerprint density at radius 1 is 0.667 bits per heavy atom. The molecule has 1 aliphatic rings. The van der Waals surface area contributed by atoms with Crippen molar-refractivity contribution in [1.29, 1.82) is 0 Å². The summed E-state index contributed by atoms with van der Waals surface area (Å²) in [5.41, 5.74) is -0.673. The van der Waals surface area contributed by atoms with E-state index in [1.807, 2.05) is 12.2 Å². The van der Waals surface area contributed by atoms with Crippen LogP contribution in [0.4, 0.5) is 0 Å². The molecular weight excluding hydrogens is 477 g/mol. The Morgan fingerprint density at radius 2 is 1.00 bits per heavy atom. The van der Waals surface area contributed by atoms with Gasteiger partial charge in [-0.2, -0.15) is 0 Å². The topological polar surface area (TPSA) is 46.2 Å². The maximum atomic E-state index is 7.09. The van der Waals surface area contributed by atoms with Crippen molar-refractivity contribution in [2.75, 3.05) is 0 Å². The Bertz CT molecular complexity index is 587. The Hall–Kier alpha value is 0.581. The first-order valence-corrected chi connectivity index (χ1v) is 29.3. The van der Waals surface area contributed by atoms with E-state index < -0.39 is 55.3 Å². The molecule has 1 rings (SSSR count). The van der Waals surface area contributed by atoms with Crippen molar-refractivity contribution in [2.24, 2.45) is 0 Å². The minimum atomic E-state index is -3.39. The molecule has 0 amide bonds. The van der Waals surface area contributed by atoms with Gasteiger partial charge in [-0.25, -0.2) is 0 Å². The number of rotatable bonds is 10. The minimum absolute atomic E-state index is 0.673. The molecule has 0 aromatic rings. The molecule has 0 spiro atoms.